The average molecular weight is 529 g/mol. The fourth-order valence-electron chi connectivity index (χ4n) is 9.78. The van der Waals surface area contributed by atoms with E-state index in [1.807, 2.05) is 27.7 Å². The smallest absolute Gasteiger partial charge is 0.339 e. The summed E-state index contributed by atoms with van der Waals surface area (Å²) in [6, 6.07) is 1.76. The molecular formula is C28H32O10. The summed E-state index contributed by atoms with van der Waals surface area (Å²) < 4.78 is 35.7. The number of carbonyl (C=O) groups is 4. The van der Waals surface area contributed by atoms with Crippen molar-refractivity contribution in [1.29, 1.82) is 0 Å². The molecule has 0 aromatic carbocycles. The Kier molecular flexibility index (Phi) is 4.53. The number of furan rings is 1. The van der Waals surface area contributed by atoms with Gasteiger partial charge in [0.15, 0.2) is 18.0 Å². The van der Waals surface area contributed by atoms with E-state index >= 15 is 0 Å². The Bertz CT molecular complexity index is 1270. The minimum atomic E-state index is -1.26. The number of Topliss-reactive ketones (excluding diaryl/α,β-unsaturated/α-hetero) is 1. The summed E-state index contributed by atoms with van der Waals surface area (Å²) in [5, 5.41) is 0. The quantitative estimate of drug-likeness (QED) is 0.321. The van der Waals surface area contributed by atoms with Gasteiger partial charge < -0.3 is 28.1 Å². The number of carbonyl (C=O) groups excluding carboxylic acids is 4. The first kappa shape index (κ1) is 24.3. The SMILES string of the molecule is CC(=O)O[C@@H]1C(=O)[C@]2(C)[C@H](CC[C@@]3(C)[C@H](c4ccoc4)OC(=O)[C@H]4O[C@]432)[C@]23COC(=O)C[C@@H]2OC(C)(C)[C@@H]13. The minimum Gasteiger partial charge on any atom is -0.472 e. The van der Waals surface area contributed by atoms with Gasteiger partial charge in [0, 0.05) is 29.2 Å². The standard InChI is InChI=1S/C28H32O10/c1-13(29)35-18-19-24(2,3)37-16-10-17(30)34-12-27(16,19)15-6-8-25(4)21(14-7-9-33-11-14)36-23(32)22-28(25,38-22)26(15,5)20(18)31/h7,9,11,15-16,18-19,21-22H,6,8,10,12H2,1-5H3/t15-,16-,18-,19+,21-,22+,25-,26-,27+,28+/m0/s1. The van der Waals surface area contributed by atoms with Crippen LogP contribution < -0.4 is 0 Å². The maximum Gasteiger partial charge on any atom is 0.339 e. The van der Waals surface area contributed by atoms with Crippen molar-refractivity contribution in [3.8, 4) is 0 Å². The summed E-state index contributed by atoms with van der Waals surface area (Å²) in [6.07, 6.45) is 0.994. The van der Waals surface area contributed by atoms with Gasteiger partial charge in [0.2, 0.25) is 0 Å². The van der Waals surface area contributed by atoms with E-state index in [1.54, 1.807) is 12.3 Å². The van der Waals surface area contributed by atoms with Gasteiger partial charge in [-0.15, -0.1) is 0 Å². The lowest BCUT2D eigenvalue weighted by Crippen LogP contribution is -2.76. The van der Waals surface area contributed by atoms with E-state index in [1.165, 1.54) is 13.2 Å². The second-order valence-corrected chi connectivity index (χ2v) is 12.9. The van der Waals surface area contributed by atoms with Crippen molar-refractivity contribution in [3.63, 3.8) is 0 Å². The van der Waals surface area contributed by atoms with Crippen molar-refractivity contribution in [2.45, 2.75) is 89.5 Å². The molecule has 0 bridgehead atoms. The molecule has 6 aliphatic rings. The summed E-state index contributed by atoms with van der Waals surface area (Å²) in [6.45, 7) is 8.93. The van der Waals surface area contributed by atoms with Crippen LogP contribution in [0.4, 0.5) is 0 Å². The molecule has 2 saturated carbocycles. The zero-order valence-electron chi connectivity index (χ0n) is 22.1. The van der Waals surface area contributed by atoms with Crippen LogP contribution in [0.1, 0.15) is 65.5 Å². The first-order chi connectivity index (χ1) is 17.8. The molecule has 2 spiro atoms. The second kappa shape index (κ2) is 7.07. The molecule has 1 aromatic rings. The number of hydrogen-bond donors (Lipinski definition) is 0. The Hall–Kier alpha value is -2.72. The van der Waals surface area contributed by atoms with Crippen LogP contribution in [0, 0.1) is 28.1 Å². The lowest BCUT2D eigenvalue weighted by Gasteiger charge is -2.65. The molecule has 2 aliphatic carbocycles. The molecule has 4 saturated heterocycles. The Morgan fingerprint density at radius 2 is 1.84 bits per heavy atom. The molecule has 1 aromatic heterocycles. The Balaban J connectivity index is 1.45. The zero-order chi connectivity index (χ0) is 27.0. The molecule has 0 radical (unpaired) electrons. The topological polar surface area (TPSA) is 131 Å². The predicted molar refractivity (Wildman–Crippen MR) is 125 cm³/mol. The maximum absolute atomic E-state index is 14.8. The number of ketones is 1. The van der Waals surface area contributed by atoms with Crippen LogP contribution in [-0.4, -0.2) is 59.8 Å². The average Bonchev–Trinajstić information content (AvgIpc) is 3.31. The Morgan fingerprint density at radius 1 is 1.08 bits per heavy atom. The molecule has 4 aliphatic heterocycles. The molecular weight excluding hydrogens is 496 g/mol. The van der Waals surface area contributed by atoms with E-state index in [4.69, 9.17) is 28.1 Å². The predicted octanol–water partition coefficient (Wildman–Crippen LogP) is 2.68. The van der Waals surface area contributed by atoms with Crippen LogP contribution in [0.3, 0.4) is 0 Å². The number of fused-ring (bicyclic) bond motifs is 1. The molecule has 10 heteroatoms. The summed E-state index contributed by atoms with van der Waals surface area (Å²) >= 11 is 0. The molecule has 7 rings (SSSR count). The van der Waals surface area contributed by atoms with Crippen LogP contribution in [0.25, 0.3) is 0 Å². The largest absolute Gasteiger partial charge is 0.472 e. The summed E-state index contributed by atoms with van der Waals surface area (Å²) in [4.78, 5) is 53.0. The van der Waals surface area contributed by atoms with Crippen molar-refractivity contribution < 1.29 is 47.3 Å². The van der Waals surface area contributed by atoms with Crippen molar-refractivity contribution in [2.75, 3.05) is 6.61 Å². The van der Waals surface area contributed by atoms with Gasteiger partial charge in [-0.2, -0.15) is 0 Å². The van der Waals surface area contributed by atoms with Gasteiger partial charge in [-0.3, -0.25) is 14.4 Å². The lowest BCUT2D eigenvalue weighted by molar-refractivity contribution is -0.240. The van der Waals surface area contributed by atoms with Crippen LogP contribution >= 0.6 is 0 Å². The lowest BCUT2D eigenvalue weighted by atomic mass is 9.36. The number of epoxide rings is 1. The molecule has 204 valence electrons. The van der Waals surface area contributed by atoms with Gasteiger partial charge in [0.25, 0.3) is 0 Å². The van der Waals surface area contributed by atoms with Gasteiger partial charge in [-0.25, -0.2) is 4.79 Å². The van der Waals surface area contributed by atoms with Gasteiger partial charge in [0.1, 0.15) is 18.3 Å². The normalized spacial score (nSPS) is 49.9. The zero-order valence-corrected chi connectivity index (χ0v) is 22.1. The van der Waals surface area contributed by atoms with E-state index in [0.717, 1.165) is 0 Å². The molecule has 10 atom stereocenters. The van der Waals surface area contributed by atoms with Gasteiger partial charge in [-0.05, 0) is 45.6 Å². The molecule has 0 unspecified atom stereocenters. The number of cyclic esters (lactones) is 2. The number of hydrogen-bond acceptors (Lipinski definition) is 10. The minimum absolute atomic E-state index is 0.0434. The first-order valence-electron chi connectivity index (χ1n) is 13.3. The maximum atomic E-state index is 14.8. The summed E-state index contributed by atoms with van der Waals surface area (Å²) in [5.41, 5.74) is -4.21. The molecule has 0 N–H and O–H groups in total. The van der Waals surface area contributed by atoms with E-state index in [2.05, 4.69) is 0 Å². The van der Waals surface area contributed by atoms with Crippen molar-refractivity contribution in [3.05, 3.63) is 24.2 Å². The van der Waals surface area contributed by atoms with Crippen molar-refractivity contribution in [1.82, 2.24) is 0 Å². The third kappa shape index (κ3) is 2.48. The third-order valence-corrected chi connectivity index (χ3v) is 11.0. The number of rotatable bonds is 2. The highest BCUT2D eigenvalue weighted by Gasteiger charge is 2.91. The Morgan fingerprint density at radius 3 is 2.53 bits per heavy atom. The highest BCUT2D eigenvalue weighted by Crippen LogP contribution is 2.79. The van der Waals surface area contributed by atoms with Crippen molar-refractivity contribution >= 4 is 23.7 Å². The molecule has 38 heavy (non-hydrogen) atoms. The summed E-state index contributed by atoms with van der Waals surface area (Å²) in [5.74, 6) is -2.65. The molecule has 6 fully saturated rings. The highest BCUT2D eigenvalue weighted by molar-refractivity contribution is 5.97. The van der Waals surface area contributed by atoms with Crippen LogP contribution in [0.2, 0.25) is 0 Å². The van der Waals surface area contributed by atoms with Crippen LogP contribution in [0.5, 0.6) is 0 Å². The summed E-state index contributed by atoms with van der Waals surface area (Å²) in [7, 11) is 0. The highest BCUT2D eigenvalue weighted by atomic mass is 16.7. The number of esters is 3. The molecule has 5 heterocycles. The molecule has 0 amide bonds. The van der Waals surface area contributed by atoms with E-state index in [0.29, 0.717) is 18.4 Å². The second-order valence-electron chi connectivity index (χ2n) is 12.9. The van der Waals surface area contributed by atoms with E-state index in [-0.39, 0.29) is 30.7 Å². The Labute approximate surface area is 219 Å². The van der Waals surface area contributed by atoms with Gasteiger partial charge >= 0.3 is 17.9 Å². The first-order valence-corrected chi connectivity index (χ1v) is 13.3. The van der Waals surface area contributed by atoms with Gasteiger partial charge in [0.05, 0.1) is 36.1 Å². The number of ether oxygens (including phenoxy) is 5. The fourth-order valence-corrected chi connectivity index (χ4v) is 9.78. The van der Waals surface area contributed by atoms with E-state index in [9.17, 15) is 19.2 Å². The van der Waals surface area contributed by atoms with Crippen LogP contribution in [-0.2, 0) is 42.9 Å². The fraction of sp³-hybridized carbons (Fsp3) is 0.714. The van der Waals surface area contributed by atoms with Crippen LogP contribution in [0.15, 0.2) is 23.0 Å². The molecule has 10 nitrogen and oxygen atoms in total. The van der Waals surface area contributed by atoms with E-state index < -0.39 is 69.7 Å². The monoisotopic (exact) mass is 528 g/mol. The third-order valence-electron chi connectivity index (χ3n) is 11.0. The van der Waals surface area contributed by atoms with Crippen molar-refractivity contribution in [2.24, 2.45) is 28.1 Å². The van der Waals surface area contributed by atoms with Gasteiger partial charge in [-0.1, -0.05) is 6.92 Å².